The Balaban J connectivity index is 2.25. The van der Waals surface area contributed by atoms with Gasteiger partial charge in [-0.2, -0.15) is 0 Å². The van der Waals surface area contributed by atoms with Crippen LogP contribution in [0.1, 0.15) is 49.3 Å². The van der Waals surface area contributed by atoms with Gasteiger partial charge in [0.15, 0.2) is 0 Å². The van der Waals surface area contributed by atoms with Crippen molar-refractivity contribution in [1.82, 2.24) is 4.72 Å². The van der Waals surface area contributed by atoms with Gasteiger partial charge in [-0.05, 0) is 54.9 Å². The third-order valence-electron chi connectivity index (χ3n) is 4.65. The molecule has 0 spiro atoms. The van der Waals surface area contributed by atoms with Crippen molar-refractivity contribution < 1.29 is 13.5 Å². The summed E-state index contributed by atoms with van der Waals surface area (Å²) in [5.74, 6) is 0. The topological polar surface area (TPSA) is 66.4 Å². The summed E-state index contributed by atoms with van der Waals surface area (Å²) in [5.41, 5.74) is 2.33. The molecule has 2 N–H and O–H groups in total. The molecular weight excluding hydrogens is 286 g/mol. The highest BCUT2D eigenvalue weighted by atomic mass is 32.2. The van der Waals surface area contributed by atoms with Gasteiger partial charge in [0.05, 0.1) is 11.5 Å². The Morgan fingerprint density at radius 2 is 1.86 bits per heavy atom. The van der Waals surface area contributed by atoms with Gasteiger partial charge in [-0.25, -0.2) is 13.1 Å². The quantitative estimate of drug-likeness (QED) is 0.878. The van der Waals surface area contributed by atoms with Crippen LogP contribution in [0.15, 0.2) is 17.0 Å². The Labute approximate surface area is 127 Å². The molecule has 0 bridgehead atoms. The number of hydrogen-bond donors (Lipinski definition) is 2. The number of nitrogens with one attached hydrogen (secondary N) is 1. The van der Waals surface area contributed by atoms with Gasteiger partial charge in [-0.3, -0.25) is 0 Å². The Morgan fingerprint density at radius 3 is 2.43 bits per heavy atom. The molecule has 1 aliphatic rings. The molecule has 0 aromatic heterocycles. The highest BCUT2D eigenvalue weighted by Gasteiger charge is 2.30. The molecule has 1 aromatic carbocycles. The molecule has 0 aliphatic heterocycles. The highest BCUT2D eigenvalue weighted by molar-refractivity contribution is 7.89. The molecule has 0 unspecified atom stereocenters. The number of aliphatic hydroxyl groups is 1. The molecule has 4 nitrogen and oxygen atoms in total. The number of benzene rings is 1. The first kappa shape index (κ1) is 16.5. The minimum Gasteiger partial charge on any atom is -0.392 e. The number of sulfonamides is 1. The van der Waals surface area contributed by atoms with E-state index < -0.39 is 10.0 Å². The molecule has 1 aromatic rings. The monoisotopic (exact) mass is 311 g/mol. The standard InChI is InChI=1S/C16H25NO3S/c1-12-8-14(10-18)9-15(13(12)2)21(19,20)17-11-16(3)6-4-5-7-16/h8-9,17-18H,4-7,10-11H2,1-3H3. The summed E-state index contributed by atoms with van der Waals surface area (Å²) in [6, 6.07) is 3.40. The first-order chi connectivity index (χ1) is 9.77. The lowest BCUT2D eigenvalue weighted by atomic mass is 9.89. The Kier molecular flexibility index (Phi) is 4.76. The van der Waals surface area contributed by atoms with E-state index in [4.69, 9.17) is 0 Å². The zero-order chi connectivity index (χ0) is 15.7. The van der Waals surface area contributed by atoms with Gasteiger partial charge >= 0.3 is 0 Å². The van der Waals surface area contributed by atoms with Crippen molar-refractivity contribution in [2.75, 3.05) is 6.54 Å². The molecule has 5 heteroatoms. The molecule has 1 fully saturated rings. The van der Waals surface area contributed by atoms with Crippen LogP contribution in [0.2, 0.25) is 0 Å². The van der Waals surface area contributed by atoms with Crippen molar-refractivity contribution in [1.29, 1.82) is 0 Å². The minimum atomic E-state index is -3.53. The van der Waals surface area contributed by atoms with Crippen LogP contribution in [0.25, 0.3) is 0 Å². The molecule has 1 aliphatic carbocycles. The number of aryl methyl sites for hydroxylation is 1. The first-order valence-electron chi connectivity index (χ1n) is 7.48. The molecule has 0 radical (unpaired) electrons. The normalized spacial score (nSPS) is 18.1. The first-order valence-corrected chi connectivity index (χ1v) is 8.96. The van der Waals surface area contributed by atoms with Gasteiger partial charge in [0, 0.05) is 6.54 Å². The van der Waals surface area contributed by atoms with Crippen LogP contribution in [0, 0.1) is 19.3 Å². The average Bonchev–Trinajstić information content (AvgIpc) is 2.87. The molecular formula is C16H25NO3S. The second-order valence-electron chi connectivity index (χ2n) is 6.54. The van der Waals surface area contributed by atoms with E-state index in [-0.39, 0.29) is 16.9 Å². The van der Waals surface area contributed by atoms with Crippen molar-refractivity contribution in [3.05, 3.63) is 28.8 Å². The molecule has 0 amide bonds. The predicted octanol–water partition coefficient (Wildman–Crippen LogP) is 2.65. The Morgan fingerprint density at radius 1 is 1.24 bits per heavy atom. The van der Waals surface area contributed by atoms with Crippen LogP contribution < -0.4 is 4.72 Å². The average molecular weight is 311 g/mol. The zero-order valence-electron chi connectivity index (χ0n) is 13.1. The van der Waals surface area contributed by atoms with E-state index in [2.05, 4.69) is 11.6 Å². The molecule has 2 rings (SSSR count). The van der Waals surface area contributed by atoms with Gasteiger partial charge < -0.3 is 5.11 Å². The molecule has 118 valence electrons. The maximum atomic E-state index is 12.6. The lowest BCUT2D eigenvalue weighted by molar-refractivity contribution is 0.281. The van der Waals surface area contributed by atoms with Crippen molar-refractivity contribution >= 4 is 10.0 Å². The van der Waals surface area contributed by atoms with Crippen LogP contribution in [-0.4, -0.2) is 20.1 Å². The van der Waals surface area contributed by atoms with Gasteiger partial charge in [-0.15, -0.1) is 0 Å². The lowest BCUT2D eigenvalue weighted by Crippen LogP contribution is -2.34. The largest absolute Gasteiger partial charge is 0.392 e. The summed E-state index contributed by atoms with van der Waals surface area (Å²) in [6.45, 7) is 6.15. The fourth-order valence-corrected chi connectivity index (χ4v) is 4.59. The number of aliphatic hydroxyl groups excluding tert-OH is 1. The zero-order valence-corrected chi connectivity index (χ0v) is 13.9. The van der Waals surface area contributed by atoms with Crippen LogP contribution in [0.4, 0.5) is 0 Å². The van der Waals surface area contributed by atoms with E-state index in [0.717, 1.165) is 24.0 Å². The summed E-state index contributed by atoms with van der Waals surface area (Å²) in [5, 5.41) is 9.27. The van der Waals surface area contributed by atoms with E-state index >= 15 is 0 Å². The van der Waals surface area contributed by atoms with E-state index in [1.54, 1.807) is 6.07 Å². The Hall–Kier alpha value is -0.910. The van der Waals surface area contributed by atoms with Crippen molar-refractivity contribution in [2.45, 2.75) is 58.0 Å². The summed E-state index contributed by atoms with van der Waals surface area (Å²) in [4.78, 5) is 0.285. The summed E-state index contributed by atoms with van der Waals surface area (Å²) < 4.78 is 27.9. The summed E-state index contributed by atoms with van der Waals surface area (Å²) in [6.07, 6.45) is 4.50. The summed E-state index contributed by atoms with van der Waals surface area (Å²) in [7, 11) is -3.53. The highest BCUT2D eigenvalue weighted by Crippen LogP contribution is 2.37. The van der Waals surface area contributed by atoms with Crippen LogP contribution >= 0.6 is 0 Å². The number of hydrogen-bond acceptors (Lipinski definition) is 3. The fraction of sp³-hybridized carbons (Fsp3) is 0.625. The molecule has 0 saturated heterocycles. The maximum Gasteiger partial charge on any atom is 0.240 e. The SMILES string of the molecule is Cc1cc(CO)cc(S(=O)(=O)NCC2(C)CCCC2)c1C. The second-order valence-corrected chi connectivity index (χ2v) is 8.27. The fourth-order valence-electron chi connectivity index (χ4n) is 3.02. The number of rotatable bonds is 5. The lowest BCUT2D eigenvalue weighted by Gasteiger charge is -2.24. The maximum absolute atomic E-state index is 12.6. The molecule has 0 heterocycles. The molecule has 0 atom stereocenters. The van der Waals surface area contributed by atoms with Crippen LogP contribution in [-0.2, 0) is 16.6 Å². The van der Waals surface area contributed by atoms with Gasteiger partial charge in [0.25, 0.3) is 0 Å². The van der Waals surface area contributed by atoms with Crippen molar-refractivity contribution in [3.8, 4) is 0 Å². The van der Waals surface area contributed by atoms with Gasteiger partial charge in [0.2, 0.25) is 10.0 Å². The van der Waals surface area contributed by atoms with E-state index in [0.29, 0.717) is 12.1 Å². The molecule has 1 saturated carbocycles. The van der Waals surface area contributed by atoms with Crippen molar-refractivity contribution in [2.24, 2.45) is 5.41 Å². The Bertz CT molecular complexity index is 617. The van der Waals surface area contributed by atoms with E-state index in [9.17, 15) is 13.5 Å². The summed E-state index contributed by atoms with van der Waals surface area (Å²) >= 11 is 0. The smallest absolute Gasteiger partial charge is 0.240 e. The van der Waals surface area contributed by atoms with E-state index in [1.807, 2.05) is 19.9 Å². The molecule has 21 heavy (non-hydrogen) atoms. The minimum absolute atomic E-state index is 0.0740. The van der Waals surface area contributed by atoms with Crippen molar-refractivity contribution in [3.63, 3.8) is 0 Å². The van der Waals surface area contributed by atoms with Gasteiger partial charge in [-0.1, -0.05) is 25.8 Å². The van der Waals surface area contributed by atoms with Gasteiger partial charge in [0.1, 0.15) is 0 Å². The second kappa shape index (κ2) is 6.07. The van der Waals surface area contributed by atoms with Crippen LogP contribution in [0.5, 0.6) is 0 Å². The van der Waals surface area contributed by atoms with Crippen LogP contribution in [0.3, 0.4) is 0 Å². The third kappa shape index (κ3) is 3.65. The third-order valence-corrected chi connectivity index (χ3v) is 6.18. The predicted molar refractivity (Wildman–Crippen MR) is 83.6 cm³/mol. The van der Waals surface area contributed by atoms with E-state index in [1.165, 1.54) is 12.8 Å².